The van der Waals surface area contributed by atoms with Crippen LogP contribution in [-0.4, -0.2) is 42.5 Å². The van der Waals surface area contributed by atoms with Crippen molar-refractivity contribution in [2.45, 2.75) is 6.42 Å². The van der Waals surface area contributed by atoms with Gasteiger partial charge in [0.2, 0.25) is 0 Å². The second-order valence-electron chi connectivity index (χ2n) is 5.32. The summed E-state index contributed by atoms with van der Waals surface area (Å²) in [6, 6.07) is 16.3. The Balaban J connectivity index is 1.71. The first kappa shape index (κ1) is 19.7. The van der Waals surface area contributed by atoms with Crippen molar-refractivity contribution < 1.29 is 19.4 Å². The fourth-order valence-corrected chi connectivity index (χ4v) is 2.23. The minimum absolute atomic E-state index is 0.0708. The molecule has 1 amide bonds. The first-order valence-corrected chi connectivity index (χ1v) is 8.70. The van der Waals surface area contributed by atoms with E-state index in [4.69, 9.17) is 26.8 Å². The Labute approximate surface area is 158 Å². The predicted molar refractivity (Wildman–Crippen MR) is 104 cm³/mol. The Morgan fingerprint density at radius 2 is 1.58 bits per heavy atom. The molecule has 0 saturated heterocycles. The van der Waals surface area contributed by atoms with Crippen molar-refractivity contribution in [3.8, 4) is 11.5 Å². The van der Waals surface area contributed by atoms with Crippen LogP contribution >= 0.6 is 12.2 Å². The lowest BCUT2D eigenvalue weighted by molar-refractivity contribution is 0.0976. The summed E-state index contributed by atoms with van der Waals surface area (Å²) in [5.74, 6) is 1.15. The summed E-state index contributed by atoms with van der Waals surface area (Å²) in [5.41, 5.74) is 0.476. The van der Waals surface area contributed by atoms with E-state index in [1.165, 1.54) is 0 Å². The fourth-order valence-electron chi connectivity index (χ4n) is 2.04. The van der Waals surface area contributed by atoms with Crippen molar-refractivity contribution >= 4 is 23.2 Å². The molecule has 2 aromatic carbocycles. The lowest BCUT2D eigenvalue weighted by atomic mass is 10.2. The molecule has 0 bridgehead atoms. The van der Waals surface area contributed by atoms with Crippen LogP contribution < -0.4 is 20.1 Å². The largest absolute Gasteiger partial charge is 0.490 e. The number of nitrogens with one attached hydrogen (secondary N) is 2. The maximum atomic E-state index is 12.1. The van der Waals surface area contributed by atoms with Crippen LogP contribution in [0.1, 0.15) is 16.8 Å². The number of carbonyl (C=O) groups is 1. The summed E-state index contributed by atoms with van der Waals surface area (Å²) >= 11 is 5.02. The molecule has 0 aliphatic heterocycles. The molecule has 2 rings (SSSR count). The molecular formula is C19H22N2O4S. The quantitative estimate of drug-likeness (QED) is 0.461. The fraction of sp³-hybridized carbons (Fsp3) is 0.263. The van der Waals surface area contributed by atoms with E-state index in [1.807, 2.05) is 30.3 Å². The van der Waals surface area contributed by atoms with Crippen LogP contribution in [-0.2, 0) is 0 Å². The summed E-state index contributed by atoms with van der Waals surface area (Å²) in [6.07, 6.45) is 0.566. The van der Waals surface area contributed by atoms with Crippen LogP contribution in [0.3, 0.4) is 0 Å². The van der Waals surface area contributed by atoms with Crippen molar-refractivity contribution in [1.29, 1.82) is 0 Å². The number of aliphatic hydroxyl groups is 1. The van der Waals surface area contributed by atoms with Crippen LogP contribution in [0.15, 0.2) is 54.6 Å². The van der Waals surface area contributed by atoms with Gasteiger partial charge in [-0.3, -0.25) is 10.1 Å². The number of hydrogen-bond acceptors (Lipinski definition) is 5. The monoisotopic (exact) mass is 374 g/mol. The van der Waals surface area contributed by atoms with Gasteiger partial charge in [0.05, 0.1) is 0 Å². The summed E-state index contributed by atoms with van der Waals surface area (Å²) in [5, 5.41) is 14.4. The number of ether oxygens (including phenoxy) is 2. The zero-order chi connectivity index (χ0) is 18.6. The third kappa shape index (κ3) is 7.08. The van der Waals surface area contributed by atoms with E-state index in [9.17, 15) is 4.79 Å². The molecule has 0 aliphatic rings. The van der Waals surface area contributed by atoms with Gasteiger partial charge in [-0.05, 0) is 55.0 Å². The number of thiocarbonyl (C=S) groups is 1. The van der Waals surface area contributed by atoms with E-state index < -0.39 is 0 Å². The molecule has 3 N–H and O–H groups in total. The number of rotatable bonds is 9. The van der Waals surface area contributed by atoms with Gasteiger partial charge in [0, 0.05) is 18.7 Å². The average molecular weight is 374 g/mol. The van der Waals surface area contributed by atoms with Gasteiger partial charge in [-0.2, -0.15) is 0 Å². The number of amides is 1. The smallest absolute Gasteiger partial charge is 0.257 e. The number of aliphatic hydroxyl groups excluding tert-OH is 1. The summed E-state index contributed by atoms with van der Waals surface area (Å²) in [6.45, 7) is 1.41. The molecule has 0 aromatic heterocycles. The minimum atomic E-state index is -0.301. The number of benzene rings is 2. The summed E-state index contributed by atoms with van der Waals surface area (Å²) in [4.78, 5) is 12.1. The van der Waals surface area contributed by atoms with Crippen molar-refractivity contribution in [3.05, 3.63) is 60.2 Å². The topological polar surface area (TPSA) is 79.8 Å². The normalized spacial score (nSPS) is 10.0. The molecule has 0 aliphatic carbocycles. The number of para-hydroxylation sites is 1. The zero-order valence-electron chi connectivity index (χ0n) is 14.3. The summed E-state index contributed by atoms with van der Waals surface area (Å²) in [7, 11) is 0. The van der Waals surface area contributed by atoms with Crippen LogP contribution in [0.5, 0.6) is 11.5 Å². The van der Waals surface area contributed by atoms with Crippen LogP contribution in [0.4, 0.5) is 0 Å². The molecule has 0 atom stereocenters. The van der Waals surface area contributed by atoms with Crippen molar-refractivity contribution in [1.82, 2.24) is 10.6 Å². The molecule has 6 nitrogen and oxygen atoms in total. The van der Waals surface area contributed by atoms with Crippen molar-refractivity contribution in [2.75, 3.05) is 26.4 Å². The summed E-state index contributed by atoms with van der Waals surface area (Å²) < 4.78 is 11.1. The van der Waals surface area contributed by atoms with E-state index >= 15 is 0 Å². The highest BCUT2D eigenvalue weighted by Crippen LogP contribution is 2.13. The van der Waals surface area contributed by atoms with Crippen LogP contribution in [0, 0.1) is 0 Å². The molecule has 0 unspecified atom stereocenters. The molecule has 2 aromatic rings. The molecule has 0 radical (unpaired) electrons. The number of hydrogen-bond donors (Lipinski definition) is 3. The first-order valence-electron chi connectivity index (χ1n) is 8.30. The standard InChI is InChI=1S/C19H22N2O4S/c22-12-4-11-20-19(26)21-18(23)15-7-9-17(10-8-15)25-14-13-24-16-5-2-1-3-6-16/h1-3,5-10,22H,4,11-14H2,(H2,20,21,23,26). The highest BCUT2D eigenvalue weighted by Gasteiger charge is 2.07. The van der Waals surface area contributed by atoms with Gasteiger partial charge in [0.25, 0.3) is 5.91 Å². The Morgan fingerprint density at radius 1 is 0.962 bits per heavy atom. The lowest BCUT2D eigenvalue weighted by Gasteiger charge is -2.10. The van der Waals surface area contributed by atoms with Gasteiger partial charge in [-0.1, -0.05) is 18.2 Å². The maximum Gasteiger partial charge on any atom is 0.257 e. The van der Waals surface area contributed by atoms with E-state index in [-0.39, 0.29) is 17.6 Å². The van der Waals surface area contributed by atoms with Crippen molar-refractivity contribution in [3.63, 3.8) is 0 Å². The highest BCUT2D eigenvalue weighted by molar-refractivity contribution is 7.80. The minimum Gasteiger partial charge on any atom is -0.490 e. The lowest BCUT2D eigenvalue weighted by Crippen LogP contribution is -2.39. The van der Waals surface area contributed by atoms with Crippen molar-refractivity contribution in [2.24, 2.45) is 0 Å². The maximum absolute atomic E-state index is 12.1. The number of carbonyl (C=O) groups excluding carboxylic acids is 1. The molecule has 0 saturated carbocycles. The predicted octanol–water partition coefficient (Wildman–Crippen LogP) is 2.13. The molecular weight excluding hydrogens is 352 g/mol. The van der Waals surface area contributed by atoms with Gasteiger partial charge in [-0.15, -0.1) is 0 Å². The Bertz CT molecular complexity index is 692. The molecule has 138 valence electrons. The van der Waals surface area contributed by atoms with Gasteiger partial charge in [0.15, 0.2) is 5.11 Å². The first-order chi connectivity index (χ1) is 12.7. The second-order valence-corrected chi connectivity index (χ2v) is 5.73. The Hall–Kier alpha value is -2.64. The van der Waals surface area contributed by atoms with E-state index in [0.29, 0.717) is 37.5 Å². The highest BCUT2D eigenvalue weighted by atomic mass is 32.1. The van der Waals surface area contributed by atoms with Gasteiger partial charge in [-0.25, -0.2) is 0 Å². The van der Waals surface area contributed by atoms with E-state index in [2.05, 4.69) is 10.6 Å². The third-order valence-corrected chi connectivity index (χ3v) is 3.57. The van der Waals surface area contributed by atoms with E-state index in [1.54, 1.807) is 24.3 Å². The molecule has 26 heavy (non-hydrogen) atoms. The third-order valence-electron chi connectivity index (χ3n) is 3.33. The Morgan fingerprint density at radius 3 is 2.19 bits per heavy atom. The van der Waals surface area contributed by atoms with Gasteiger partial charge in [0.1, 0.15) is 24.7 Å². The van der Waals surface area contributed by atoms with Crippen LogP contribution in [0.25, 0.3) is 0 Å². The van der Waals surface area contributed by atoms with Gasteiger partial charge >= 0.3 is 0 Å². The SMILES string of the molecule is O=C(NC(=S)NCCCO)c1ccc(OCCOc2ccccc2)cc1. The van der Waals surface area contributed by atoms with Gasteiger partial charge < -0.3 is 19.9 Å². The Kier molecular flexibility index (Phi) is 8.38. The van der Waals surface area contributed by atoms with E-state index in [0.717, 1.165) is 5.75 Å². The average Bonchev–Trinajstić information content (AvgIpc) is 2.67. The zero-order valence-corrected chi connectivity index (χ0v) is 15.1. The molecule has 0 spiro atoms. The van der Waals surface area contributed by atoms with Crippen LogP contribution in [0.2, 0.25) is 0 Å². The molecule has 7 heteroatoms. The molecule has 0 fully saturated rings. The molecule has 0 heterocycles. The second kappa shape index (κ2) is 11.1.